The number of nitrogens with one attached hydrogen (secondary N) is 1. The Morgan fingerprint density at radius 2 is 1.73 bits per heavy atom. The van der Waals surface area contributed by atoms with Crippen LogP contribution in [0, 0.1) is 0 Å². The third-order valence-electron chi connectivity index (χ3n) is 3.49. The molecular formula is C19H20ClNO4S. The summed E-state index contributed by atoms with van der Waals surface area (Å²) in [5.41, 5.74) is 0.520. The number of hydrogen-bond donors (Lipinski definition) is 1. The normalized spacial score (nSPS) is 12.8. The molecule has 2 atom stereocenters. The van der Waals surface area contributed by atoms with E-state index in [2.05, 4.69) is 5.32 Å². The number of amides is 1. The largest absolute Gasteiger partial charge is 0.495 e. The third-order valence-corrected chi connectivity index (χ3v) is 4.83. The molecule has 0 saturated carbocycles. The standard InChI is InChI=1S/C19H20ClNO4S/c1-12(18(22)21-16-6-4-5-7-17(16)24-3)25-19(23)13(2)26-15-10-8-14(20)9-11-15/h4-13H,1-3H3,(H,21,22)/t12-,13+/m0/s1. The molecule has 138 valence electrons. The Labute approximate surface area is 162 Å². The first kappa shape index (κ1) is 20.1. The maximum atomic E-state index is 12.3. The summed E-state index contributed by atoms with van der Waals surface area (Å²) in [7, 11) is 1.52. The van der Waals surface area contributed by atoms with E-state index in [9.17, 15) is 9.59 Å². The lowest BCUT2D eigenvalue weighted by Crippen LogP contribution is -2.32. The molecule has 0 radical (unpaired) electrons. The number of benzene rings is 2. The van der Waals surface area contributed by atoms with Gasteiger partial charge in [-0.25, -0.2) is 0 Å². The number of rotatable bonds is 7. The zero-order valence-electron chi connectivity index (χ0n) is 14.7. The second-order valence-corrected chi connectivity index (χ2v) is 7.33. The van der Waals surface area contributed by atoms with Crippen molar-refractivity contribution in [1.29, 1.82) is 0 Å². The number of methoxy groups -OCH3 is 1. The average molecular weight is 394 g/mol. The molecular weight excluding hydrogens is 374 g/mol. The summed E-state index contributed by atoms with van der Waals surface area (Å²) in [6.45, 7) is 3.26. The quantitative estimate of drug-likeness (QED) is 0.558. The smallest absolute Gasteiger partial charge is 0.319 e. The second-order valence-electron chi connectivity index (χ2n) is 5.48. The van der Waals surface area contributed by atoms with E-state index in [1.807, 2.05) is 12.1 Å². The number of halogens is 1. The number of anilines is 1. The first-order valence-corrected chi connectivity index (χ1v) is 9.23. The molecule has 0 aliphatic rings. The molecule has 0 unspecified atom stereocenters. The van der Waals surface area contributed by atoms with Crippen molar-refractivity contribution in [2.75, 3.05) is 12.4 Å². The molecule has 2 aromatic carbocycles. The molecule has 5 nitrogen and oxygen atoms in total. The zero-order valence-corrected chi connectivity index (χ0v) is 16.3. The van der Waals surface area contributed by atoms with E-state index in [0.29, 0.717) is 16.5 Å². The molecule has 0 bridgehead atoms. The molecule has 1 amide bonds. The molecule has 26 heavy (non-hydrogen) atoms. The van der Waals surface area contributed by atoms with Gasteiger partial charge in [0.25, 0.3) is 5.91 Å². The minimum Gasteiger partial charge on any atom is -0.495 e. The van der Waals surface area contributed by atoms with Gasteiger partial charge >= 0.3 is 5.97 Å². The van der Waals surface area contributed by atoms with Crippen LogP contribution in [0.25, 0.3) is 0 Å². The van der Waals surface area contributed by atoms with Crippen LogP contribution in [-0.2, 0) is 14.3 Å². The summed E-state index contributed by atoms with van der Waals surface area (Å²) in [5.74, 6) is -0.356. The monoisotopic (exact) mass is 393 g/mol. The van der Waals surface area contributed by atoms with Gasteiger partial charge in [-0.3, -0.25) is 9.59 Å². The summed E-state index contributed by atoms with van der Waals surface area (Å²) in [4.78, 5) is 25.4. The maximum Gasteiger partial charge on any atom is 0.319 e. The summed E-state index contributed by atoms with van der Waals surface area (Å²) in [6.07, 6.45) is -0.930. The summed E-state index contributed by atoms with van der Waals surface area (Å²) in [6, 6.07) is 14.2. The van der Waals surface area contributed by atoms with Gasteiger partial charge in [0, 0.05) is 9.92 Å². The van der Waals surface area contributed by atoms with Gasteiger partial charge in [0.15, 0.2) is 6.10 Å². The minimum absolute atomic E-state index is 0.424. The van der Waals surface area contributed by atoms with Crippen molar-refractivity contribution in [3.8, 4) is 5.75 Å². The van der Waals surface area contributed by atoms with Crippen LogP contribution in [0.4, 0.5) is 5.69 Å². The van der Waals surface area contributed by atoms with E-state index < -0.39 is 23.2 Å². The SMILES string of the molecule is COc1ccccc1NC(=O)[C@H](C)OC(=O)[C@@H](C)Sc1ccc(Cl)cc1. The molecule has 1 N–H and O–H groups in total. The van der Waals surface area contributed by atoms with Crippen LogP contribution < -0.4 is 10.1 Å². The van der Waals surface area contributed by atoms with E-state index in [1.165, 1.54) is 25.8 Å². The third kappa shape index (κ3) is 5.68. The highest BCUT2D eigenvalue weighted by atomic mass is 35.5. The van der Waals surface area contributed by atoms with E-state index >= 15 is 0 Å². The van der Waals surface area contributed by atoms with Crippen molar-refractivity contribution in [3.63, 3.8) is 0 Å². The highest BCUT2D eigenvalue weighted by Gasteiger charge is 2.23. The van der Waals surface area contributed by atoms with Crippen LogP contribution >= 0.6 is 23.4 Å². The van der Waals surface area contributed by atoms with Gasteiger partial charge in [-0.1, -0.05) is 23.7 Å². The van der Waals surface area contributed by atoms with Crippen LogP contribution in [0.2, 0.25) is 5.02 Å². The van der Waals surface area contributed by atoms with Crippen molar-refractivity contribution >= 4 is 40.9 Å². The Hall–Kier alpha value is -2.18. The minimum atomic E-state index is -0.930. The molecule has 0 fully saturated rings. The second kappa shape index (κ2) is 9.50. The Kier molecular flexibility index (Phi) is 7.36. The molecule has 7 heteroatoms. The number of esters is 1. The molecule has 0 aliphatic heterocycles. The topological polar surface area (TPSA) is 64.6 Å². The Bertz CT molecular complexity index is 766. The maximum absolute atomic E-state index is 12.3. The molecule has 2 aromatic rings. The summed E-state index contributed by atoms with van der Waals surface area (Å²) in [5, 5.41) is 2.87. The molecule has 0 spiro atoms. The lowest BCUT2D eigenvalue weighted by Gasteiger charge is -2.17. The van der Waals surface area contributed by atoms with E-state index in [-0.39, 0.29) is 0 Å². The van der Waals surface area contributed by atoms with Crippen LogP contribution in [0.15, 0.2) is 53.4 Å². The van der Waals surface area contributed by atoms with Crippen LogP contribution in [-0.4, -0.2) is 30.3 Å². The zero-order chi connectivity index (χ0) is 19.1. The lowest BCUT2D eigenvalue weighted by atomic mass is 10.2. The Morgan fingerprint density at radius 1 is 1.08 bits per heavy atom. The number of ether oxygens (including phenoxy) is 2. The fourth-order valence-electron chi connectivity index (χ4n) is 2.07. The number of carbonyl (C=O) groups excluding carboxylic acids is 2. The summed E-state index contributed by atoms with van der Waals surface area (Å²) >= 11 is 7.19. The predicted molar refractivity (Wildman–Crippen MR) is 104 cm³/mol. The van der Waals surface area contributed by atoms with Gasteiger partial charge < -0.3 is 14.8 Å². The molecule has 0 saturated heterocycles. The molecule has 0 heterocycles. The van der Waals surface area contributed by atoms with Gasteiger partial charge in [0.2, 0.25) is 0 Å². The summed E-state index contributed by atoms with van der Waals surface area (Å²) < 4.78 is 10.5. The van der Waals surface area contributed by atoms with Crippen molar-refractivity contribution in [1.82, 2.24) is 0 Å². The van der Waals surface area contributed by atoms with Crippen LogP contribution in [0.5, 0.6) is 5.75 Å². The fraction of sp³-hybridized carbons (Fsp3) is 0.263. The van der Waals surface area contributed by atoms with Gasteiger partial charge in [0.1, 0.15) is 11.0 Å². The predicted octanol–water partition coefficient (Wildman–Crippen LogP) is 4.40. The molecule has 0 aromatic heterocycles. The van der Waals surface area contributed by atoms with Crippen molar-refractivity contribution in [3.05, 3.63) is 53.6 Å². The highest BCUT2D eigenvalue weighted by molar-refractivity contribution is 8.00. The average Bonchev–Trinajstić information content (AvgIpc) is 2.63. The van der Waals surface area contributed by atoms with E-state index in [1.54, 1.807) is 43.3 Å². The van der Waals surface area contributed by atoms with Crippen molar-refractivity contribution in [2.45, 2.75) is 30.1 Å². The van der Waals surface area contributed by atoms with Crippen molar-refractivity contribution < 1.29 is 19.1 Å². The molecule has 0 aliphatic carbocycles. The number of hydrogen-bond acceptors (Lipinski definition) is 5. The van der Waals surface area contributed by atoms with E-state index in [0.717, 1.165) is 4.90 Å². The number of thioether (sulfide) groups is 1. The van der Waals surface area contributed by atoms with Gasteiger partial charge in [-0.15, -0.1) is 11.8 Å². The van der Waals surface area contributed by atoms with Gasteiger partial charge in [-0.05, 0) is 50.2 Å². The fourth-order valence-corrected chi connectivity index (χ4v) is 3.05. The van der Waals surface area contributed by atoms with Crippen LogP contribution in [0.3, 0.4) is 0 Å². The highest BCUT2D eigenvalue weighted by Crippen LogP contribution is 2.26. The van der Waals surface area contributed by atoms with Crippen LogP contribution in [0.1, 0.15) is 13.8 Å². The van der Waals surface area contributed by atoms with E-state index in [4.69, 9.17) is 21.1 Å². The number of para-hydroxylation sites is 2. The van der Waals surface area contributed by atoms with Gasteiger partial charge in [0.05, 0.1) is 12.8 Å². The lowest BCUT2D eigenvalue weighted by molar-refractivity contribution is -0.152. The Morgan fingerprint density at radius 3 is 2.38 bits per heavy atom. The first-order chi connectivity index (χ1) is 12.4. The number of carbonyl (C=O) groups is 2. The first-order valence-electron chi connectivity index (χ1n) is 7.97. The van der Waals surface area contributed by atoms with Gasteiger partial charge in [-0.2, -0.15) is 0 Å². The van der Waals surface area contributed by atoms with Crippen molar-refractivity contribution in [2.24, 2.45) is 0 Å². The molecule has 2 rings (SSSR count). The Balaban J connectivity index is 1.90.